The maximum Gasteiger partial charge on any atom is 0.252 e. The SMILES string of the molecule is CN(C)S(=O)(=O)c1ccccc1CNC(=O)c1ccccc1I. The minimum Gasteiger partial charge on any atom is -0.348 e. The Morgan fingerprint density at radius 1 is 1.09 bits per heavy atom. The number of hydrogen-bond acceptors (Lipinski definition) is 3. The lowest BCUT2D eigenvalue weighted by atomic mass is 10.2. The van der Waals surface area contributed by atoms with E-state index in [2.05, 4.69) is 27.9 Å². The standard InChI is InChI=1S/C16H17IN2O3S/c1-19(2)23(21,22)15-10-6-3-7-12(15)11-18-16(20)13-8-4-5-9-14(13)17/h3-10H,11H2,1-2H3,(H,18,20). The largest absolute Gasteiger partial charge is 0.348 e. The van der Waals surface area contributed by atoms with Crippen LogP contribution in [0.5, 0.6) is 0 Å². The van der Waals surface area contributed by atoms with Crippen LogP contribution in [-0.4, -0.2) is 32.7 Å². The molecular formula is C16H17IN2O3S. The van der Waals surface area contributed by atoms with Crippen LogP contribution in [-0.2, 0) is 16.6 Å². The fraction of sp³-hybridized carbons (Fsp3) is 0.188. The number of amides is 1. The van der Waals surface area contributed by atoms with Gasteiger partial charge in [0.25, 0.3) is 5.91 Å². The first-order valence-corrected chi connectivity index (χ1v) is 9.39. The monoisotopic (exact) mass is 444 g/mol. The molecule has 0 heterocycles. The van der Waals surface area contributed by atoms with Gasteiger partial charge in [-0.1, -0.05) is 30.3 Å². The third-order valence-electron chi connectivity index (χ3n) is 3.29. The van der Waals surface area contributed by atoms with Crippen LogP contribution in [0.15, 0.2) is 53.4 Å². The molecule has 1 N–H and O–H groups in total. The highest BCUT2D eigenvalue weighted by atomic mass is 127. The van der Waals surface area contributed by atoms with Crippen LogP contribution >= 0.6 is 22.6 Å². The van der Waals surface area contributed by atoms with Crippen LogP contribution in [0, 0.1) is 3.57 Å². The molecule has 2 aromatic rings. The molecule has 23 heavy (non-hydrogen) atoms. The molecule has 5 nitrogen and oxygen atoms in total. The van der Waals surface area contributed by atoms with Crippen LogP contribution in [0.4, 0.5) is 0 Å². The van der Waals surface area contributed by atoms with E-state index in [9.17, 15) is 13.2 Å². The van der Waals surface area contributed by atoms with Crippen molar-refractivity contribution in [2.75, 3.05) is 14.1 Å². The van der Waals surface area contributed by atoms with Crippen molar-refractivity contribution in [2.24, 2.45) is 0 Å². The van der Waals surface area contributed by atoms with Gasteiger partial charge in [0.05, 0.1) is 10.5 Å². The molecular weight excluding hydrogens is 427 g/mol. The highest BCUT2D eigenvalue weighted by Gasteiger charge is 2.21. The number of sulfonamides is 1. The van der Waals surface area contributed by atoms with E-state index in [4.69, 9.17) is 0 Å². The van der Waals surface area contributed by atoms with E-state index in [1.54, 1.807) is 36.4 Å². The predicted molar refractivity (Wildman–Crippen MR) is 97.6 cm³/mol. The zero-order chi connectivity index (χ0) is 17.0. The van der Waals surface area contributed by atoms with Crippen molar-refractivity contribution in [3.63, 3.8) is 0 Å². The summed E-state index contributed by atoms with van der Waals surface area (Å²) in [4.78, 5) is 12.5. The maximum absolute atomic E-state index is 12.3. The Bertz CT molecular complexity index is 820. The lowest BCUT2D eigenvalue weighted by Gasteiger charge is -2.15. The van der Waals surface area contributed by atoms with E-state index in [0.717, 1.165) is 7.88 Å². The Balaban J connectivity index is 2.23. The fourth-order valence-electron chi connectivity index (χ4n) is 2.01. The second kappa shape index (κ2) is 7.41. The molecule has 0 saturated carbocycles. The van der Waals surface area contributed by atoms with Crippen molar-refractivity contribution in [3.05, 3.63) is 63.2 Å². The molecule has 0 aliphatic heterocycles. The fourth-order valence-corrected chi connectivity index (χ4v) is 3.76. The van der Waals surface area contributed by atoms with Crippen molar-refractivity contribution in [1.29, 1.82) is 0 Å². The topological polar surface area (TPSA) is 66.5 Å². The van der Waals surface area contributed by atoms with E-state index in [-0.39, 0.29) is 17.3 Å². The Kier molecular flexibility index (Phi) is 5.77. The normalized spacial score (nSPS) is 11.5. The summed E-state index contributed by atoms with van der Waals surface area (Å²) in [6.45, 7) is 0.146. The third-order valence-corrected chi connectivity index (χ3v) is 6.15. The lowest BCUT2D eigenvalue weighted by molar-refractivity contribution is 0.0949. The molecule has 0 atom stereocenters. The van der Waals surface area contributed by atoms with Crippen molar-refractivity contribution in [1.82, 2.24) is 9.62 Å². The van der Waals surface area contributed by atoms with Gasteiger partial charge in [0.2, 0.25) is 10.0 Å². The summed E-state index contributed by atoms with van der Waals surface area (Å²) in [6, 6.07) is 13.9. The summed E-state index contributed by atoms with van der Waals surface area (Å²) in [5.41, 5.74) is 1.13. The van der Waals surface area contributed by atoms with Gasteiger partial charge in [0.1, 0.15) is 0 Å². The molecule has 7 heteroatoms. The van der Waals surface area contributed by atoms with Crippen LogP contribution in [0.2, 0.25) is 0 Å². The molecule has 0 unspecified atom stereocenters. The predicted octanol–water partition coefficient (Wildman–Crippen LogP) is 2.47. The quantitative estimate of drug-likeness (QED) is 0.721. The molecule has 0 fully saturated rings. The first-order chi connectivity index (χ1) is 10.8. The second-order valence-electron chi connectivity index (χ2n) is 5.06. The summed E-state index contributed by atoms with van der Waals surface area (Å²) in [5, 5.41) is 2.78. The number of carbonyl (C=O) groups is 1. The Morgan fingerprint density at radius 2 is 1.70 bits per heavy atom. The van der Waals surface area contributed by atoms with Crippen molar-refractivity contribution >= 4 is 38.5 Å². The summed E-state index contributed by atoms with van der Waals surface area (Å²) in [5.74, 6) is -0.230. The van der Waals surface area contributed by atoms with Crippen LogP contribution < -0.4 is 5.32 Å². The minimum absolute atomic E-state index is 0.146. The summed E-state index contributed by atoms with van der Waals surface area (Å²) >= 11 is 2.09. The number of halogens is 1. The highest BCUT2D eigenvalue weighted by Crippen LogP contribution is 2.18. The number of hydrogen-bond donors (Lipinski definition) is 1. The molecule has 2 aromatic carbocycles. The van der Waals surface area contributed by atoms with E-state index >= 15 is 0 Å². The van der Waals surface area contributed by atoms with Gasteiger partial charge in [0.15, 0.2) is 0 Å². The van der Waals surface area contributed by atoms with Crippen LogP contribution in [0.1, 0.15) is 15.9 Å². The van der Waals surface area contributed by atoms with Gasteiger partial charge in [-0.25, -0.2) is 12.7 Å². The zero-order valence-corrected chi connectivity index (χ0v) is 15.8. The van der Waals surface area contributed by atoms with Gasteiger partial charge in [0, 0.05) is 24.2 Å². The van der Waals surface area contributed by atoms with Crippen LogP contribution in [0.25, 0.3) is 0 Å². The van der Waals surface area contributed by atoms with Crippen LogP contribution in [0.3, 0.4) is 0 Å². The highest BCUT2D eigenvalue weighted by molar-refractivity contribution is 14.1. The van der Waals surface area contributed by atoms with Gasteiger partial charge in [-0.15, -0.1) is 0 Å². The molecule has 2 rings (SSSR count). The van der Waals surface area contributed by atoms with E-state index < -0.39 is 10.0 Å². The first-order valence-electron chi connectivity index (χ1n) is 6.87. The molecule has 0 radical (unpaired) electrons. The first kappa shape index (κ1) is 17.9. The van der Waals surface area contributed by atoms with Gasteiger partial charge in [-0.05, 0) is 46.4 Å². The van der Waals surface area contributed by atoms with Crippen molar-refractivity contribution < 1.29 is 13.2 Å². The number of nitrogens with one attached hydrogen (secondary N) is 1. The molecule has 0 bridgehead atoms. The molecule has 1 amide bonds. The Hall–Kier alpha value is -1.45. The summed E-state index contributed by atoms with van der Waals surface area (Å²) < 4.78 is 26.7. The lowest BCUT2D eigenvalue weighted by Crippen LogP contribution is -2.27. The molecule has 0 spiro atoms. The Morgan fingerprint density at radius 3 is 2.35 bits per heavy atom. The molecule has 0 aromatic heterocycles. The molecule has 122 valence electrons. The smallest absolute Gasteiger partial charge is 0.252 e. The Labute approximate surface area is 149 Å². The molecule has 0 aliphatic rings. The minimum atomic E-state index is -3.55. The second-order valence-corrected chi connectivity index (χ2v) is 8.34. The van der Waals surface area contributed by atoms with Gasteiger partial charge in [-0.3, -0.25) is 4.79 Å². The van der Waals surface area contributed by atoms with Crippen molar-refractivity contribution in [2.45, 2.75) is 11.4 Å². The van der Waals surface area contributed by atoms with E-state index in [0.29, 0.717) is 11.1 Å². The molecule has 0 saturated heterocycles. The number of carbonyl (C=O) groups excluding carboxylic acids is 1. The van der Waals surface area contributed by atoms with Gasteiger partial charge in [-0.2, -0.15) is 0 Å². The number of rotatable bonds is 5. The molecule has 0 aliphatic carbocycles. The zero-order valence-electron chi connectivity index (χ0n) is 12.8. The summed E-state index contributed by atoms with van der Waals surface area (Å²) in [6.07, 6.45) is 0. The van der Waals surface area contributed by atoms with E-state index in [1.807, 2.05) is 12.1 Å². The average Bonchev–Trinajstić information content (AvgIpc) is 2.53. The van der Waals surface area contributed by atoms with Gasteiger partial charge >= 0.3 is 0 Å². The van der Waals surface area contributed by atoms with Crippen molar-refractivity contribution in [3.8, 4) is 0 Å². The number of benzene rings is 2. The summed E-state index contributed by atoms with van der Waals surface area (Å²) in [7, 11) is -0.581. The average molecular weight is 444 g/mol. The third kappa shape index (κ3) is 4.10. The number of nitrogens with zero attached hydrogens (tertiary/aromatic N) is 1. The van der Waals surface area contributed by atoms with E-state index in [1.165, 1.54) is 14.1 Å². The maximum atomic E-state index is 12.3. The van der Waals surface area contributed by atoms with Gasteiger partial charge < -0.3 is 5.32 Å².